The van der Waals surface area contributed by atoms with E-state index in [0.29, 0.717) is 22.2 Å². The summed E-state index contributed by atoms with van der Waals surface area (Å²) in [6.45, 7) is 1.81. The fraction of sp³-hybridized carbons (Fsp3) is 0.263. The third-order valence-corrected chi connectivity index (χ3v) is 4.02. The van der Waals surface area contributed by atoms with Gasteiger partial charge in [-0.2, -0.15) is 0 Å². The molecular formula is C19H20N2O4. The molecule has 0 heterocycles. The highest BCUT2D eigenvalue weighted by Gasteiger charge is 2.28. The number of nitrogens with zero attached hydrogens (tertiary/aromatic N) is 1. The van der Waals surface area contributed by atoms with Crippen LogP contribution in [0.25, 0.3) is 16.5 Å². The summed E-state index contributed by atoms with van der Waals surface area (Å²) in [6, 6.07) is 9.22. The van der Waals surface area contributed by atoms with Crippen LogP contribution in [-0.4, -0.2) is 52.6 Å². The van der Waals surface area contributed by atoms with Crippen molar-refractivity contribution in [1.82, 2.24) is 5.32 Å². The lowest BCUT2D eigenvalue weighted by Gasteiger charge is -2.22. The van der Waals surface area contributed by atoms with Crippen LogP contribution in [-0.2, 0) is 4.79 Å². The molecule has 6 heteroatoms. The maximum atomic E-state index is 12.5. The van der Waals surface area contributed by atoms with Gasteiger partial charge in [0, 0.05) is 29.3 Å². The van der Waals surface area contributed by atoms with E-state index in [9.17, 15) is 15.0 Å². The van der Waals surface area contributed by atoms with Crippen LogP contribution in [0.1, 0.15) is 18.1 Å². The second-order valence-electron chi connectivity index (χ2n) is 5.97. The largest absolute Gasteiger partial charge is 0.507 e. The molecule has 1 aliphatic carbocycles. The molecule has 0 amide bonds. The Balaban J connectivity index is 2.23. The van der Waals surface area contributed by atoms with E-state index in [4.69, 9.17) is 5.11 Å². The van der Waals surface area contributed by atoms with Gasteiger partial charge in [0.1, 0.15) is 11.5 Å². The Bertz CT molecular complexity index is 884. The maximum absolute atomic E-state index is 12.5. The first-order valence-electron chi connectivity index (χ1n) is 8.11. The number of aliphatic hydroxyl groups is 2. The summed E-state index contributed by atoms with van der Waals surface area (Å²) >= 11 is 0. The lowest BCUT2D eigenvalue weighted by molar-refractivity contribution is -0.108. The summed E-state index contributed by atoms with van der Waals surface area (Å²) in [4.78, 5) is 16.7. The number of allylic oxidation sites excluding steroid dienone is 1. The summed E-state index contributed by atoms with van der Waals surface area (Å²) in [5.41, 5.74) is 1.67. The Morgan fingerprint density at radius 1 is 1.28 bits per heavy atom. The number of phenols is 1. The topological polar surface area (TPSA) is 102 Å². The molecule has 1 atom stereocenters. The van der Waals surface area contributed by atoms with Gasteiger partial charge in [-0.3, -0.25) is 9.79 Å². The number of fused-ring (bicyclic) bond motifs is 2. The molecular weight excluding hydrogens is 320 g/mol. The highest BCUT2D eigenvalue weighted by atomic mass is 16.3. The lowest BCUT2D eigenvalue weighted by atomic mass is 9.88. The van der Waals surface area contributed by atoms with Crippen LogP contribution in [0, 0.1) is 0 Å². The minimum Gasteiger partial charge on any atom is -0.507 e. The molecule has 0 fully saturated rings. The van der Waals surface area contributed by atoms with Crippen molar-refractivity contribution in [3.63, 3.8) is 0 Å². The molecule has 1 aliphatic rings. The first kappa shape index (κ1) is 17.1. The van der Waals surface area contributed by atoms with Crippen LogP contribution in [0.2, 0.25) is 0 Å². The van der Waals surface area contributed by atoms with E-state index in [-0.39, 0.29) is 36.9 Å². The van der Waals surface area contributed by atoms with E-state index < -0.39 is 6.10 Å². The van der Waals surface area contributed by atoms with Crippen molar-refractivity contribution in [2.75, 3.05) is 19.7 Å². The van der Waals surface area contributed by atoms with Gasteiger partial charge < -0.3 is 20.6 Å². The molecule has 3 rings (SSSR count). The van der Waals surface area contributed by atoms with Gasteiger partial charge in [-0.1, -0.05) is 24.3 Å². The molecule has 0 aromatic heterocycles. The highest BCUT2D eigenvalue weighted by Crippen LogP contribution is 2.37. The van der Waals surface area contributed by atoms with E-state index in [2.05, 4.69) is 10.3 Å². The number of hydrogen-bond acceptors (Lipinski definition) is 6. The van der Waals surface area contributed by atoms with Gasteiger partial charge in [-0.25, -0.2) is 0 Å². The molecule has 1 unspecified atom stereocenters. The molecule has 0 aliphatic heterocycles. The number of aromatic hydroxyl groups is 1. The Kier molecular flexibility index (Phi) is 4.83. The molecule has 4 N–H and O–H groups in total. The van der Waals surface area contributed by atoms with Gasteiger partial charge in [0.25, 0.3) is 0 Å². The number of benzene rings is 2. The van der Waals surface area contributed by atoms with Gasteiger partial charge in [-0.05, 0) is 18.4 Å². The molecule has 25 heavy (non-hydrogen) atoms. The second-order valence-corrected chi connectivity index (χ2v) is 5.97. The van der Waals surface area contributed by atoms with Crippen LogP contribution < -0.4 is 5.32 Å². The number of carbonyl (C=O) groups is 1. The number of rotatable bonds is 5. The van der Waals surface area contributed by atoms with Crippen molar-refractivity contribution in [2.45, 2.75) is 13.0 Å². The van der Waals surface area contributed by atoms with Gasteiger partial charge in [0.05, 0.1) is 24.8 Å². The number of aliphatic hydroxyl groups excluding tert-OH is 2. The highest BCUT2D eigenvalue weighted by molar-refractivity contribution is 6.53. The third kappa shape index (κ3) is 3.26. The smallest absolute Gasteiger partial charge is 0.206 e. The Labute approximate surface area is 145 Å². The fourth-order valence-corrected chi connectivity index (χ4v) is 2.90. The number of nitrogens with one attached hydrogen (secondary N) is 1. The van der Waals surface area contributed by atoms with E-state index in [1.165, 1.54) is 6.08 Å². The number of aliphatic imine (C=N–C) groups is 1. The summed E-state index contributed by atoms with van der Waals surface area (Å²) in [6.07, 6.45) is 0.827. The molecule has 130 valence electrons. The molecule has 0 radical (unpaired) electrons. The first-order chi connectivity index (χ1) is 12.0. The number of ketones is 1. The van der Waals surface area contributed by atoms with Crippen molar-refractivity contribution in [1.29, 1.82) is 0 Å². The SMILES string of the molecule is CC(O)CNC1=CC(=O)C(=NCCO)c2c1cc1ccccc1c2O. The molecule has 2 aromatic carbocycles. The van der Waals surface area contributed by atoms with Crippen molar-refractivity contribution >= 4 is 28.0 Å². The van der Waals surface area contributed by atoms with Gasteiger partial charge >= 0.3 is 0 Å². The zero-order valence-corrected chi connectivity index (χ0v) is 13.9. The van der Waals surface area contributed by atoms with E-state index in [1.54, 1.807) is 13.0 Å². The Morgan fingerprint density at radius 2 is 2.04 bits per heavy atom. The van der Waals surface area contributed by atoms with Crippen molar-refractivity contribution < 1.29 is 20.1 Å². The molecule has 0 spiro atoms. The Morgan fingerprint density at radius 3 is 2.76 bits per heavy atom. The maximum Gasteiger partial charge on any atom is 0.206 e. The van der Waals surface area contributed by atoms with E-state index in [0.717, 1.165) is 5.39 Å². The summed E-state index contributed by atoms with van der Waals surface area (Å²) < 4.78 is 0. The second kappa shape index (κ2) is 7.04. The third-order valence-electron chi connectivity index (χ3n) is 4.02. The molecule has 0 saturated heterocycles. The van der Waals surface area contributed by atoms with Crippen molar-refractivity contribution in [3.05, 3.63) is 47.5 Å². The van der Waals surface area contributed by atoms with Crippen molar-refractivity contribution in [2.24, 2.45) is 4.99 Å². The minimum atomic E-state index is -0.585. The standard InChI is InChI=1S/C19H20N2O4/c1-11(23)10-21-15-9-16(24)18(20-6-7-22)17-14(15)8-12-4-2-3-5-13(12)19(17)25/h2-5,8-9,11,21-23,25H,6-7,10H2,1H3. The Hall–Kier alpha value is -2.70. The predicted octanol–water partition coefficient (Wildman–Crippen LogP) is 1.22. The average molecular weight is 340 g/mol. The van der Waals surface area contributed by atoms with Crippen LogP contribution in [0.3, 0.4) is 0 Å². The monoisotopic (exact) mass is 340 g/mol. The molecule has 0 bridgehead atoms. The van der Waals surface area contributed by atoms with Gasteiger partial charge in [-0.15, -0.1) is 0 Å². The lowest BCUT2D eigenvalue weighted by Crippen LogP contribution is -2.29. The van der Waals surface area contributed by atoms with Crippen LogP contribution in [0.4, 0.5) is 0 Å². The van der Waals surface area contributed by atoms with Crippen LogP contribution in [0.15, 0.2) is 41.4 Å². The quantitative estimate of drug-likeness (QED) is 0.655. The van der Waals surface area contributed by atoms with E-state index in [1.807, 2.05) is 24.3 Å². The minimum absolute atomic E-state index is 0.0115. The number of carbonyl (C=O) groups excluding carboxylic acids is 1. The summed E-state index contributed by atoms with van der Waals surface area (Å²) in [5, 5.41) is 33.8. The fourth-order valence-electron chi connectivity index (χ4n) is 2.90. The zero-order chi connectivity index (χ0) is 18.0. The van der Waals surface area contributed by atoms with Gasteiger partial charge in [0.2, 0.25) is 5.78 Å². The zero-order valence-electron chi connectivity index (χ0n) is 13.9. The van der Waals surface area contributed by atoms with E-state index >= 15 is 0 Å². The summed E-state index contributed by atoms with van der Waals surface area (Å²) in [7, 11) is 0. The molecule has 2 aromatic rings. The van der Waals surface area contributed by atoms with Crippen molar-refractivity contribution in [3.8, 4) is 5.75 Å². The number of phenolic OH excluding ortho intramolecular Hbond substituents is 1. The van der Waals surface area contributed by atoms with Crippen LogP contribution in [0.5, 0.6) is 5.75 Å². The van der Waals surface area contributed by atoms with Gasteiger partial charge in [0.15, 0.2) is 0 Å². The predicted molar refractivity (Wildman–Crippen MR) is 96.8 cm³/mol. The summed E-state index contributed by atoms with van der Waals surface area (Å²) in [5.74, 6) is -0.359. The number of hydrogen-bond donors (Lipinski definition) is 4. The normalized spacial score (nSPS) is 16.7. The first-order valence-corrected chi connectivity index (χ1v) is 8.11. The molecule has 0 saturated carbocycles. The molecule has 6 nitrogen and oxygen atoms in total. The average Bonchev–Trinajstić information content (AvgIpc) is 2.59. The van der Waals surface area contributed by atoms with Crippen LogP contribution >= 0.6 is 0 Å².